The molecule has 120 valence electrons. The summed E-state index contributed by atoms with van der Waals surface area (Å²) in [5, 5.41) is 11.8. The lowest BCUT2D eigenvalue weighted by atomic mass is 9.94. The largest absolute Gasteiger partial charge is 0.497 e. The van der Waals surface area contributed by atoms with Crippen LogP contribution in [0.5, 0.6) is 5.75 Å². The molecule has 1 atom stereocenters. The van der Waals surface area contributed by atoms with Crippen molar-refractivity contribution in [1.82, 2.24) is 5.32 Å². The van der Waals surface area contributed by atoms with Gasteiger partial charge in [0.15, 0.2) is 0 Å². The highest BCUT2D eigenvalue weighted by Crippen LogP contribution is 2.25. The number of carbonyl (C=O) groups is 2. The predicted molar refractivity (Wildman–Crippen MR) is 82.3 cm³/mol. The Balaban J connectivity index is 1.89. The molecule has 0 saturated carbocycles. The summed E-state index contributed by atoms with van der Waals surface area (Å²) < 4.78 is 10.4. The summed E-state index contributed by atoms with van der Waals surface area (Å²) in [5.74, 6) is -0.183. The van der Waals surface area contributed by atoms with E-state index in [1.54, 1.807) is 7.11 Å². The summed E-state index contributed by atoms with van der Waals surface area (Å²) in [6, 6.07) is 7.44. The molecule has 1 amide bonds. The molecule has 7 heteroatoms. The van der Waals surface area contributed by atoms with Crippen molar-refractivity contribution < 1.29 is 24.2 Å². The minimum absolute atomic E-state index is 0.122. The number of hydrogen-bond donors (Lipinski definition) is 2. The van der Waals surface area contributed by atoms with Crippen molar-refractivity contribution in [3.8, 4) is 5.75 Å². The Morgan fingerprint density at radius 2 is 2.32 bits per heavy atom. The lowest BCUT2D eigenvalue weighted by Crippen LogP contribution is -2.51. The van der Waals surface area contributed by atoms with Crippen molar-refractivity contribution in [3.63, 3.8) is 0 Å². The van der Waals surface area contributed by atoms with Crippen LogP contribution >= 0.6 is 11.8 Å². The Morgan fingerprint density at radius 3 is 2.95 bits per heavy atom. The Hall–Kier alpha value is -1.73. The molecular weight excluding hydrogens is 306 g/mol. The lowest BCUT2D eigenvalue weighted by molar-refractivity contribution is -0.139. The van der Waals surface area contributed by atoms with Gasteiger partial charge in [-0.15, -0.1) is 11.8 Å². The molecule has 0 radical (unpaired) electrons. The number of methoxy groups -OCH3 is 1. The maximum Gasteiger partial charge on any atom is 0.305 e. The van der Waals surface area contributed by atoms with Crippen LogP contribution in [0.25, 0.3) is 0 Å². The third kappa shape index (κ3) is 4.64. The molecule has 1 heterocycles. The maximum absolute atomic E-state index is 12.1. The molecule has 0 aliphatic carbocycles. The minimum Gasteiger partial charge on any atom is -0.497 e. The number of aliphatic carboxylic acids is 1. The molecule has 1 aliphatic rings. The zero-order chi connectivity index (χ0) is 16.0. The van der Waals surface area contributed by atoms with Gasteiger partial charge in [0, 0.05) is 11.5 Å². The number of rotatable bonds is 7. The van der Waals surface area contributed by atoms with Gasteiger partial charge in [0.05, 0.1) is 31.4 Å². The Bertz CT molecular complexity index is 542. The average Bonchev–Trinajstić information content (AvgIpc) is 2.92. The number of benzene rings is 1. The summed E-state index contributed by atoms with van der Waals surface area (Å²) in [7, 11) is 1.59. The van der Waals surface area contributed by atoms with Crippen LogP contribution in [0.15, 0.2) is 29.2 Å². The lowest BCUT2D eigenvalue weighted by Gasteiger charge is -2.26. The molecule has 1 aromatic rings. The zero-order valence-corrected chi connectivity index (χ0v) is 13.1. The van der Waals surface area contributed by atoms with Crippen molar-refractivity contribution in [1.29, 1.82) is 0 Å². The molecule has 0 bridgehead atoms. The van der Waals surface area contributed by atoms with Crippen LogP contribution in [-0.4, -0.2) is 48.6 Å². The van der Waals surface area contributed by atoms with Crippen LogP contribution in [0.4, 0.5) is 0 Å². The van der Waals surface area contributed by atoms with Crippen LogP contribution in [0, 0.1) is 0 Å². The third-order valence-electron chi connectivity index (χ3n) is 3.41. The van der Waals surface area contributed by atoms with E-state index in [0.29, 0.717) is 13.0 Å². The molecular formula is C15H19NO5S. The number of thioether (sulfide) groups is 1. The predicted octanol–water partition coefficient (Wildman–Crippen LogP) is 1.54. The van der Waals surface area contributed by atoms with Crippen LogP contribution in [0.3, 0.4) is 0 Å². The summed E-state index contributed by atoms with van der Waals surface area (Å²) in [6.07, 6.45) is 0.400. The highest BCUT2D eigenvalue weighted by Gasteiger charge is 2.38. The van der Waals surface area contributed by atoms with Gasteiger partial charge in [-0.3, -0.25) is 9.59 Å². The smallest absolute Gasteiger partial charge is 0.305 e. The Morgan fingerprint density at radius 1 is 1.50 bits per heavy atom. The van der Waals surface area contributed by atoms with E-state index in [9.17, 15) is 9.59 Å². The summed E-state index contributed by atoms with van der Waals surface area (Å²) in [5.41, 5.74) is -0.780. The Kier molecular flexibility index (Phi) is 5.68. The maximum atomic E-state index is 12.1. The van der Waals surface area contributed by atoms with E-state index >= 15 is 0 Å². The number of hydrogen-bond acceptors (Lipinski definition) is 5. The molecule has 1 fully saturated rings. The van der Waals surface area contributed by atoms with Gasteiger partial charge in [0.2, 0.25) is 5.91 Å². The summed E-state index contributed by atoms with van der Waals surface area (Å²) in [6.45, 7) is 0.714. The quantitative estimate of drug-likeness (QED) is 0.740. The van der Waals surface area contributed by atoms with Gasteiger partial charge < -0.3 is 19.9 Å². The standard InChI is InChI=1S/C15H19NO5S/c1-20-11-3-2-4-12(7-11)22-9-13(17)16-15(8-14(18)19)5-6-21-10-15/h2-4,7H,5-6,8-10H2,1H3,(H,16,17)(H,18,19). The number of carbonyl (C=O) groups excluding carboxylic acids is 1. The fourth-order valence-electron chi connectivity index (χ4n) is 2.35. The molecule has 2 rings (SSSR count). The number of amides is 1. The second-order valence-corrected chi connectivity index (χ2v) is 6.22. The number of carboxylic acid groups (broad SMARTS) is 1. The van der Waals surface area contributed by atoms with Crippen molar-refractivity contribution >= 4 is 23.6 Å². The minimum atomic E-state index is -0.939. The van der Waals surface area contributed by atoms with Gasteiger partial charge in [-0.2, -0.15) is 0 Å². The van der Waals surface area contributed by atoms with Crippen LogP contribution in [-0.2, 0) is 14.3 Å². The van der Waals surface area contributed by atoms with Gasteiger partial charge in [0.25, 0.3) is 0 Å². The summed E-state index contributed by atoms with van der Waals surface area (Å²) >= 11 is 1.38. The highest BCUT2D eigenvalue weighted by atomic mass is 32.2. The van der Waals surface area contributed by atoms with E-state index in [2.05, 4.69) is 5.32 Å². The molecule has 22 heavy (non-hydrogen) atoms. The average molecular weight is 325 g/mol. The molecule has 0 spiro atoms. The van der Waals surface area contributed by atoms with E-state index in [4.69, 9.17) is 14.6 Å². The van der Waals surface area contributed by atoms with E-state index in [-0.39, 0.29) is 24.7 Å². The van der Waals surface area contributed by atoms with Gasteiger partial charge in [-0.05, 0) is 24.6 Å². The second-order valence-electron chi connectivity index (χ2n) is 5.17. The van der Waals surface area contributed by atoms with Crippen LogP contribution in [0.2, 0.25) is 0 Å². The topological polar surface area (TPSA) is 84.9 Å². The SMILES string of the molecule is COc1cccc(SCC(=O)NC2(CC(=O)O)CCOC2)c1. The summed E-state index contributed by atoms with van der Waals surface area (Å²) in [4.78, 5) is 24.0. The number of nitrogens with one attached hydrogen (secondary N) is 1. The number of ether oxygens (including phenoxy) is 2. The van der Waals surface area contributed by atoms with Crippen molar-refractivity contribution in [3.05, 3.63) is 24.3 Å². The van der Waals surface area contributed by atoms with Gasteiger partial charge in [-0.25, -0.2) is 0 Å². The molecule has 1 saturated heterocycles. The van der Waals surface area contributed by atoms with Gasteiger partial charge in [-0.1, -0.05) is 6.07 Å². The van der Waals surface area contributed by atoms with Crippen molar-refractivity contribution in [2.45, 2.75) is 23.3 Å². The first-order chi connectivity index (χ1) is 10.5. The van der Waals surface area contributed by atoms with Crippen molar-refractivity contribution in [2.24, 2.45) is 0 Å². The van der Waals surface area contributed by atoms with Crippen molar-refractivity contribution in [2.75, 3.05) is 26.1 Å². The molecule has 0 aromatic heterocycles. The normalized spacial score (nSPS) is 20.6. The van der Waals surface area contributed by atoms with E-state index in [1.165, 1.54) is 11.8 Å². The van der Waals surface area contributed by atoms with E-state index < -0.39 is 11.5 Å². The monoisotopic (exact) mass is 325 g/mol. The van der Waals surface area contributed by atoms with E-state index in [1.807, 2.05) is 24.3 Å². The molecule has 2 N–H and O–H groups in total. The number of carboxylic acids is 1. The second kappa shape index (κ2) is 7.51. The molecule has 1 aliphatic heterocycles. The zero-order valence-electron chi connectivity index (χ0n) is 12.3. The van der Waals surface area contributed by atoms with Crippen LogP contribution in [0.1, 0.15) is 12.8 Å². The molecule has 1 aromatic carbocycles. The molecule has 6 nitrogen and oxygen atoms in total. The first-order valence-corrected chi connectivity index (χ1v) is 7.89. The first-order valence-electron chi connectivity index (χ1n) is 6.90. The molecule has 1 unspecified atom stereocenters. The first kappa shape index (κ1) is 16.6. The fraction of sp³-hybridized carbons (Fsp3) is 0.467. The highest BCUT2D eigenvalue weighted by molar-refractivity contribution is 8.00. The van der Waals surface area contributed by atoms with Gasteiger partial charge in [0.1, 0.15) is 5.75 Å². The fourth-order valence-corrected chi connectivity index (χ4v) is 3.09. The third-order valence-corrected chi connectivity index (χ3v) is 4.40. The van der Waals surface area contributed by atoms with Gasteiger partial charge >= 0.3 is 5.97 Å². The van der Waals surface area contributed by atoms with E-state index in [0.717, 1.165) is 10.6 Å². The Labute approximate surface area is 133 Å². The van der Waals surface area contributed by atoms with Crippen LogP contribution < -0.4 is 10.1 Å².